The third-order valence-corrected chi connectivity index (χ3v) is 3.51. The highest BCUT2D eigenvalue weighted by molar-refractivity contribution is 6.30. The molecule has 0 aliphatic carbocycles. The van der Waals surface area contributed by atoms with Crippen LogP contribution in [0, 0.1) is 0 Å². The summed E-state index contributed by atoms with van der Waals surface area (Å²) in [5, 5.41) is 3.47. The Morgan fingerprint density at radius 2 is 1.83 bits per heavy atom. The van der Waals surface area contributed by atoms with E-state index in [2.05, 4.69) is 5.32 Å². The van der Waals surface area contributed by atoms with Gasteiger partial charge in [0.05, 0.1) is 11.7 Å². The van der Waals surface area contributed by atoms with Crippen molar-refractivity contribution in [2.75, 3.05) is 5.32 Å². The summed E-state index contributed by atoms with van der Waals surface area (Å²) >= 11 is 5.92. The molecule has 1 N–H and O–H groups in total. The summed E-state index contributed by atoms with van der Waals surface area (Å²) in [5.74, 6) is -0.462. The van der Waals surface area contributed by atoms with Gasteiger partial charge >= 0.3 is 5.97 Å². The van der Waals surface area contributed by atoms with Gasteiger partial charge in [0.2, 0.25) is 5.91 Å². The summed E-state index contributed by atoms with van der Waals surface area (Å²) < 4.78 is 5.12. The van der Waals surface area contributed by atoms with E-state index in [1.54, 1.807) is 44.2 Å². The summed E-state index contributed by atoms with van der Waals surface area (Å²) in [6.07, 6.45) is 0.811. The first-order chi connectivity index (χ1) is 11.4. The molecule has 0 saturated heterocycles. The van der Waals surface area contributed by atoms with Gasteiger partial charge in [-0.15, -0.1) is 0 Å². The molecule has 0 radical (unpaired) electrons. The minimum atomic E-state index is -0.371. The fraction of sp³-hybridized carbons (Fsp3) is 0.263. The van der Waals surface area contributed by atoms with E-state index >= 15 is 0 Å². The van der Waals surface area contributed by atoms with Crippen molar-refractivity contribution in [2.45, 2.75) is 32.8 Å². The molecule has 0 fully saturated rings. The van der Waals surface area contributed by atoms with E-state index in [-0.39, 0.29) is 18.0 Å². The number of benzene rings is 2. The number of halogens is 1. The average molecular weight is 346 g/mol. The molecule has 24 heavy (non-hydrogen) atoms. The number of rotatable bonds is 6. The van der Waals surface area contributed by atoms with Gasteiger partial charge in [-0.2, -0.15) is 0 Å². The number of hydrogen-bond acceptors (Lipinski definition) is 3. The van der Waals surface area contributed by atoms with E-state index in [0.29, 0.717) is 29.1 Å². The van der Waals surface area contributed by atoms with Gasteiger partial charge in [-0.1, -0.05) is 23.7 Å². The van der Waals surface area contributed by atoms with Crippen LogP contribution in [-0.2, 0) is 16.0 Å². The zero-order valence-corrected chi connectivity index (χ0v) is 14.5. The third-order valence-electron chi connectivity index (χ3n) is 3.28. The van der Waals surface area contributed by atoms with Crippen LogP contribution in [0.3, 0.4) is 0 Å². The lowest BCUT2D eigenvalue weighted by Gasteiger charge is -2.09. The van der Waals surface area contributed by atoms with Gasteiger partial charge in [0, 0.05) is 17.1 Å². The van der Waals surface area contributed by atoms with E-state index in [9.17, 15) is 9.59 Å². The van der Waals surface area contributed by atoms with Gasteiger partial charge in [-0.3, -0.25) is 4.79 Å². The maximum Gasteiger partial charge on any atom is 0.338 e. The Hall–Kier alpha value is -2.33. The molecule has 0 bridgehead atoms. The van der Waals surface area contributed by atoms with Gasteiger partial charge in [-0.05, 0) is 62.2 Å². The number of esters is 1. The number of ether oxygens (including phenoxy) is 1. The molecule has 126 valence electrons. The number of amides is 1. The largest absolute Gasteiger partial charge is 0.459 e. The normalized spacial score (nSPS) is 10.5. The number of anilines is 1. The fourth-order valence-electron chi connectivity index (χ4n) is 2.15. The van der Waals surface area contributed by atoms with E-state index < -0.39 is 0 Å². The van der Waals surface area contributed by atoms with Crippen LogP contribution in [0.4, 0.5) is 5.69 Å². The van der Waals surface area contributed by atoms with E-state index in [4.69, 9.17) is 16.3 Å². The molecule has 0 saturated carbocycles. The Labute approximate surface area is 146 Å². The molecule has 0 unspecified atom stereocenters. The first-order valence-electron chi connectivity index (χ1n) is 7.79. The molecular formula is C19H20ClNO3. The molecule has 2 rings (SSSR count). The van der Waals surface area contributed by atoms with Crippen molar-refractivity contribution in [1.29, 1.82) is 0 Å². The van der Waals surface area contributed by atoms with Crippen LogP contribution in [0.5, 0.6) is 0 Å². The molecule has 0 aliphatic heterocycles. The van der Waals surface area contributed by atoms with Crippen molar-refractivity contribution >= 4 is 29.2 Å². The second-order valence-electron chi connectivity index (χ2n) is 5.71. The van der Waals surface area contributed by atoms with Crippen LogP contribution >= 0.6 is 11.6 Å². The van der Waals surface area contributed by atoms with Gasteiger partial charge < -0.3 is 10.1 Å². The molecule has 0 atom stereocenters. The Morgan fingerprint density at radius 3 is 2.46 bits per heavy atom. The third kappa shape index (κ3) is 5.70. The minimum Gasteiger partial charge on any atom is -0.459 e. The lowest BCUT2D eigenvalue weighted by molar-refractivity contribution is -0.116. The number of nitrogens with one attached hydrogen (secondary N) is 1. The van der Waals surface area contributed by atoms with Crippen molar-refractivity contribution in [3.63, 3.8) is 0 Å². The van der Waals surface area contributed by atoms with Crippen molar-refractivity contribution in [3.8, 4) is 0 Å². The van der Waals surface area contributed by atoms with Crippen molar-refractivity contribution in [1.82, 2.24) is 0 Å². The molecule has 2 aromatic carbocycles. The summed E-state index contributed by atoms with van der Waals surface area (Å²) in [6.45, 7) is 3.60. The van der Waals surface area contributed by atoms with E-state index in [1.165, 1.54) is 0 Å². The number of carbonyl (C=O) groups excluding carboxylic acids is 2. The lowest BCUT2D eigenvalue weighted by atomic mass is 10.1. The van der Waals surface area contributed by atoms with Gasteiger partial charge in [-0.25, -0.2) is 4.79 Å². The monoisotopic (exact) mass is 345 g/mol. The summed E-state index contributed by atoms with van der Waals surface area (Å²) in [4.78, 5) is 23.8. The zero-order chi connectivity index (χ0) is 17.5. The zero-order valence-electron chi connectivity index (χ0n) is 13.7. The highest BCUT2D eigenvalue weighted by atomic mass is 35.5. The van der Waals surface area contributed by atoms with Gasteiger partial charge in [0.15, 0.2) is 0 Å². The van der Waals surface area contributed by atoms with Crippen molar-refractivity contribution in [3.05, 3.63) is 64.7 Å². The van der Waals surface area contributed by atoms with Crippen LogP contribution in [0.15, 0.2) is 48.5 Å². The van der Waals surface area contributed by atoms with Crippen molar-refractivity contribution < 1.29 is 14.3 Å². The second kappa shape index (κ2) is 8.50. The first-order valence-corrected chi connectivity index (χ1v) is 8.17. The summed E-state index contributed by atoms with van der Waals surface area (Å²) in [5.41, 5.74) is 2.12. The van der Waals surface area contributed by atoms with Crippen LogP contribution in [0.25, 0.3) is 0 Å². The van der Waals surface area contributed by atoms with Crippen LogP contribution in [-0.4, -0.2) is 18.0 Å². The minimum absolute atomic E-state index is 0.0903. The molecule has 2 aromatic rings. The Balaban J connectivity index is 1.86. The molecule has 0 spiro atoms. The predicted molar refractivity (Wildman–Crippen MR) is 95.4 cm³/mol. The molecule has 0 heterocycles. The number of hydrogen-bond donors (Lipinski definition) is 1. The smallest absolute Gasteiger partial charge is 0.338 e. The molecule has 1 amide bonds. The summed E-state index contributed by atoms with van der Waals surface area (Å²) in [7, 11) is 0. The first kappa shape index (κ1) is 18.0. The molecular weight excluding hydrogens is 326 g/mol. The van der Waals surface area contributed by atoms with E-state index in [1.807, 2.05) is 18.2 Å². The highest BCUT2D eigenvalue weighted by Crippen LogP contribution is 2.14. The van der Waals surface area contributed by atoms with Gasteiger partial charge in [0.1, 0.15) is 0 Å². The lowest BCUT2D eigenvalue weighted by Crippen LogP contribution is -2.13. The topological polar surface area (TPSA) is 55.4 Å². The van der Waals surface area contributed by atoms with Crippen LogP contribution in [0.2, 0.25) is 5.02 Å². The highest BCUT2D eigenvalue weighted by Gasteiger charge is 2.09. The van der Waals surface area contributed by atoms with Crippen LogP contribution < -0.4 is 5.32 Å². The number of aryl methyl sites for hydroxylation is 1. The van der Waals surface area contributed by atoms with Gasteiger partial charge in [0.25, 0.3) is 0 Å². The molecule has 4 nitrogen and oxygen atoms in total. The molecule has 5 heteroatoms. The fourth-order valence-corrected chi connectivity index (χ4v) is 2.36. The predicted octanol–water partition coefficient (Wildman–Crippen LogP) is 4.48. The summed E-state index contributed by atoms with van der Waals surface area (Å²) in [6, 6.07) is 14.1. The standard InChI is InChI=1S/C19H20ClNO3/c1-13(2)24-19(23)15-7-9-17(10-8-15)21-18(22)11-6-14-4-3-5-16(20)12-14/h3-5,7-10,12-13H,6,11H2,1-2H3,(H,21,22). The van der Waals surface area contributed by atoms with E-state index in [0.717, 1.165) is 5.56 Å². The Kier molecular flexibility index (Phi) is 6.38. The average Bonchev–Trinajstić information content (AvgIpc) is 2.53. The Bertz CT molecular complexity index is 711. The molecule has 0 aromatic heterocycles. The second-order valence-corrected chi connectivity index (χ2v) is 6.15. The SMILES string of the molecule is CC(C)OC(=O)c1ccc(NC(=O)CCc2cccc(Cl)c2)cc1. The van der Waals surface area contributed by atoms with Crippen LogP contribution in [0.1, 0.15) is 36.2 Å². The maximum atomic E-state index is 12.0. The maximum absolute atomic E-state index is 12.0. The molecule has 0 aliphatic rings. The number of carbonyl (C=O) groups is 2. The quantitative estimate of drug-likeness (QED) is 0.785. The Morgan fingerprint density at radius 1 is 1.12 bits per heavy atom. The van der Waals surface area contributed by atoms with Crippen molar-refractivity contribution in [2.24, 2.45) is 0 Å².